The van der Waals surface area contributed by atoms with Crippen LogP contribution in [0.5, 0.6) is 11.5 Å². The molecule has 1 aliphatic heterocycles. The van der Waals surface area contributed by atoms with Gasteiger partial charge >= 0.3 is 5.97 Å². The number of rotatable bonds is 6. The van der Waals surface area contributed by atoms with E-state index in [9.17, 15) is 13.2 Å². The molecule has 1 aliphatic rings. The summed E-state index contributed by atoms with van der Waals surface area (Å²) in [5.74, 6) is 0.518. The fourth-order valence-electron chi connectivity index (χ4n) is 1.77. The van der Waals surface area contributed by atoms with Crippen LogP contribution in [0, 0.1) is 0 Å². The molecule has 0 spiro atoms. The Morgan fingerprint density at radius 3 is 2.59 bits per heavy atom. The van der Waals surface area contributed by atoms with Crippen molar-refractivity contribution in [2.75, 3.05) is 41.1 Å². The van der Waals surface area contributed by atoms with E-state index in [1.54, 1.807) is 12.1 Å². The molecule has 0 radical (unpaired) electrons. The van der Waals surface area contributed by atoms with Crippen molar-refractivity contribution in [2.45, 2.75) is 0 Å². The number of hydrogen-bond donors (Lipinski definition) is 0. The van der Waals surface area contributed by atoms with E-state index in [2.05, 4.69) is 0 Å². The predicted octanol–water partition coefficient (Wildman–Crippen LogP) is 0.310. The van der Waals surface area contributed by atoms with E-state index in [0.717, 1.165) is 8.61 Å². The van der Waals surface area contributed by atoms with Gasteiger partial charge in [0.15, 0.2) is 11.5 Å². The number of benzene rings is 1. The summed E-state index contributed by atoms with van der Waals surface area (Å²) in [5.41, 5.74) is 0.322. The number of ether oxygens (including phenoxy) is 3. The van der Waals surface area contributed by atoms with Crippen molar-refractivity contribution in [3.63, 3.8) is 0 Å². The third-order valence-corrected chi connectivity index (χ3v) is 5.00. The molecule has 122 valence electrons. The number of carbonyl (C=O) groups excluding carboxylic acids is 1. The number of hydrogen-bond acceptors (Lipinski definition) is 6. The summed E-state index contributed by atoms with van der Waals surface area (Å²) in [6.07, 6.45) is 0. The van der Waals surface area contributed by atoms with Crippen molar-refractivity contribution >= 4 is 16.2 Å². The molecule has 8 nitrogen and oxygen atoms in total. The Morgan fingerprint density at radius 1 is 1.23 bits per heavy atom. The molecule has 0 fully saturated rings. The van der Waals surface area contributed by atoms with E-state index in [1.165, 1.54) is 27.2 Å². The quantitative estimate of drug-likeness (QED) is 0.698. The molecule has 0 bridgehead atoms. The van der Waals surface area contributed by atoms with E-state index in [4.69, 9.17) is 14.2 Å². The van der Waals surface area contributed by atoms with Gasteiger partial charge in [0.1, 0.15) is 6.61 Å². The highest BCUT2D eigenvalue weighted by atomic mass is 32.2. The molecule has 0 unspecified atom stereocenters. The summed E-state index contributed by atoms with van der Waals surface area (Å²) in [7, 11) is 0.782. The average molecular weight is 330 g/mol. The highest BCUT2D eigenvalue weighted by Gasteiger charge is 2.21. The monoisotopic (exact) mass is 330 g/mol. The van der Waals surface area contributed by atoms with Crippen molar-refractivity contribution in [1.82, 2.24) is 8.61 Å². The highest BCUT2D eigenvalue weighted by Crippen LogP contribution is 2.32. The lowest BCUT2D eigenvalue weighted by Crippen LogP contribution is -2.39. The summed E-state index contributed by atoms with van der Waals surface area (Å²) >= 11 is 0. The molecule has 1 aromatic carbocycles. The van der Waals surface area contributed by atoms with E-state index in [0.29, 0.717) is 17.1 Å². The first-order chi connectivity index (χ1) is 10.3. The topological polar surface area (TPSA) is 85.4 Å². The van der Waals surface area contributed by atoms with Crippen LogP contribution >= 0.6 is 0 Å². The first-order valence-electron chi connectivity index (χ1n) is 6.53. The smallest absolute Gasteiger partial charge is 0.338 e. The Balaban J connectivity index is 1.88. The van der Waals surface area contributed by atoms with Gasteiger partial charge in [-0.1, -0.05) is 0 Å². The molecule has 22 heavy (non-hydrogen) atoms. The summed E-state index contributed by atoms with van der Waals surface area (Å²) in [6, 6.07) is 4.72. The summed E-state index contributed by atoms with van der Waals surface area (Å²) in [4.78, 5) is 11.9. The Morgan fingerprint density at radius 2 is 1.91 bits per heavy atom. The minimum Gasteiger partial charge on any atom is -0.461 e. The van der Waals surface area contributed by atoms with Crippen molar-refractivity contribution in [1.29, 1.82) is 0 Å². The number of fused-ring (bicyclic) bond motifs is 1. The molecular formula is C13H18N2O6S. The molecular weight excluding hydrogens is 312 g/mol. The molecule has 0 N–H and O–H groups in total. The van der Waals surface area contributed by atoms with Gasteiger partial charge in [-0.25, -0.2) is 4.79 Å². The summed E-state index contributed by atoms with van der Waals surface area (Å²) in [5, 5.41) is 0. The fraction of sp³-hybridized carbons (Fsp3) is 0.462. The van der Waals surface area contributed by atoms with Gasteiger partial charge < -0.3 is 14.2 Å². The molecule has 2 rings (SSSR count). The molecule has 1 aromatic rings. The first-order valence-corrected chi connectivity index (χ1v) is 7.92. The van der Waals surface area contributed by atoms with Gasteiger partial charge in [-0.15, -0.1) is 0 Å². The Kier molecular flexibility index (Phi) is 4.89. The van der Waals surface area contributed by atoms with Crippen LogP contribution in [0.3, 0.4) is 0 Å². The number of esters is 1. The maximum atomic E-state index is 11.9. The Bertz CT molecular complexity index is 658. The van der Waals surface area contributed by atoms with Crippen LogP contribution < -0.4 is 9.47 Å². The van der Waals surface area contributed by atoms with Crippen LogP contribution in [0.4, 0.5) is 0 Å². The number of likely N-dealkylation sites (N-methyl/N-ethyl adjacent to an activating group) is 1. The minimum absolute atomic E-state index is 0.0448. The minimum atomic E-state index is -3.51. The van der Waals surface area contributed by atoms with Crippen LogP contribution in [0.2, 0.25) is 0 Å². The summed E-state index contributed by atoms with van der Waals surface area (Å²) in [6.45, 7) is 0.147. The molecule has 1 heterocycles. The van der Waals surface area contributed by atoms with E-state index in [-0.39, 0.29) is 19.9 Å². The molecule has 0 saturated carbocycles. The molecule has 0 aliphatic carbocycles. The predicted molar refractivity (Wildman–Crippen MR) is 78.1 cm³/mol. The standard InChI is InChI=1S/C13H18N2O6S/c1-14(2)22(17,18)15(3)6-7-19-13(16)10-4-5-11-12(8-10)21-9-20-11/h4-5,8H,6-7,9H2,1-3H3. The summed E-state index contributed by atoms with van der Waals surface area (Å²) < 4.78 is 41.2. The van der Waals surface area contributed by atoms with E-state index >= 15 is 0 Å². The van der Waals surface area contributed by atoms with Gasteiger partial charge in [0.25, 0.3) is 10.2 Å². The van der Waals surface area contributed by atoms with Crippen LogP contribution in [0.25, 0.3) is 0 Å². The zero-order valence-electron chi connectivity index (χ0n) is 12.6. The van der Waals surface area contributed by atoms with Gasteiger partial charge in [-0.2, -0.15) is 17.0 Å². The first kappa shape index (κ1) is 16.5. The largest absolute Gasteiger partial charge is 0.461 e. The second-order valence-corrected chi connectivity index (χ2v) is 7.06. The maximum Gasteiger partial charge on any atom is 0.338 e. The second-order valence-electron chi connectivity index (χ2n) is 4.82. The molecule has 0 amide bonds. The van der Waals surface area contributed by atoms with E-state index in [1.807, 2.05) is 0 Å². The van der Waals surface area contributed by atoms with Gasteiger partial charge in [0, 0.05) is 27.7 Å². The average Bonchev–Trinajstić information content (AvgIpc) is 2.93. The number of carbonyl (C=O) groups is 1. The van der Waals surface area contributed by atoms with E-state index < -0.39 is 16.2 Å². The van der Waals surface area contributed by atoms with Crippen molar-refractivity contribution in [3.8, 4) is 11.5 Å². The molecule has 0 atom stereocenters. The normalized spacial score (nSPS) is 13.7. The Hall–Kier alpha value is -1.84. The lowest BCUT2D eigenvalue weighted by Gasteiger charge is -2.21. The van der Waals surface area contributed by atoms with Crippen LogP contribution in [-0.4, -0.2) is 64.1 Å². The maximum absolute atomic E-state index is 11.9. The van der Waals surface area contributed by atoms with Crippen molar-refractivity contribution < 1.29 is 27.4 Å². The van der Waals surface area contributed by atoms with Gasteiger partial charge in [0.05, 0.1) is 5.56 Å². The Labute approximate surface area is 129 Å². The molecule has 0 aromatic heterocycles. The SMILES string of the molecule is CN(C)S(=O)(=O)N(C)CCOC(=O)c1ccc2c(c1)OCO2. The van der Waals surface area contributed by atoms with Crippen molar-refractivity contribution in [3.05, 3.63) is 23.8 Å². The third kappa shape index (κ3) is 3.49. The zero-order valence-corrected chi connectivity index (χ0v) is 13.4. The van der Waals surface area contributed by atoms with Crippen LogP contribution in [0.1, 0.15) is 10.4 Å². The second kappa shape index (κ2) is 6.51. The van der Waals surface area contributed by atoms with Gasteiger partial charge in [-0.05, 0) is 18.2 Å². The lowest BCUT2D eigenvalue weighted by molar-refractivity contribution is 0.0492. The molecule has 9 heteroatoms. The highest BCUT2D eigenvalue weighted by molar-refractivity contribution is 7.86. The van der Waals surface area contributed by atoms with Gasteiger partial charge in [-0.3, -0.25) is 0 Å². The van der Waals surface area contributed by atoms with Crippen LogP contribution in [-0.2, 0) is 14.9 Å². The molecule has 0 saturated heterocycles. The van der Waals surface area contributed by atoms with Crippen molar-refractivity contribution in [2.24, 2.45) is 0 Å². The van der Waals surface area contributed by atoms with Crippen LogP contribution in [0.15, 0.2) is 18.2 Å². The lowest BCUT2D eigenvalue weighted by atomic mass is 10.2. The van der Waals surface area contributed by atoms with Gasteiger partial charge in [0.2, 0.25) is 6.79 Å². The fourth-order valence-corrected chi connectivity index (χ4v) is 2.63. The zero-order chi connectivity index (χ0) is 16.3. The number of nitrogens with zero attached hydrogens (tertiary/aromatic N) is 2. The third-order valence-electron chi connectivity index (χ3n) is 3.10.